The van der Waals surface area contributed by atoms with Crippen LogP contribution in [0.4, 0.5) is 0 Å². The Kier molecular flexibility index (Phi) is 3.56. The maximum absolute atomic E-state index is 5.44. The highest BCUT2D eigenvalue weighted by atomic mass is 16.5. The Morgan fingerprint density at radius 1 is 0.833 bits per heavy atom. The predicted octanol–water partition coefficient (Wildman–Crippen LogP) is 3.99. The lowest BCUT2D eigenvalue weighted by atomic mass is 9.95. The van der Waals surface area contributed by atoms with E-state index in [1.807, 2.05) is 18.2 Å². The van der Waals surface area contributed by atoms with E-state index >= 15 is 0 Å². The molecule has 0 aromatic heterocycles. The molecule has 0 bridgehead atoms. The predicted molar refractivity (Wildman–Crippen MR) is 74.5 cm³/mol. The average molecular weight is 242 g/mol. The summed E-state index contributed by atoms with van der Waals surface area (Å²) < 4.78 is 10.7. The van der Waals surface area contributed by atoms with Gasteiger partial charge in [0.2, 0.25) is 0 Å². The fraction of sp³-hybridized carbons (Fsp3) is 0.250. The summed E-state index contributed by atoms with van der Waals surface area (Å²) in [5.74, 6) is 1.79. The highest BCUT2D eigenvalue weighted by Crippen LogP contribution is 2.36. The third-order valence-electron chi connectivity index (χ3n) is 3.12. The Morgan fingerprint density at radius 3 is 2.00 bits per heavy atom. The minimum absolute atomic E-state index is 0.892. The van der Waals surface area contributed by atoms with Gasteiger partial charge in [0.15, 0.2) is 0 Å². The second-order valence-corrected chi connectivity index (χ2v) is 4.34. The third kappa shape index (κ3) is 2.19. The first-order valence-electron chi connectivity index (χ1n) is 5.96. The molecule has 94 valence electrons. The molecule has 0 radical (unpaired) electrons. The molecule has 2 nitrogen and oxygen atoms in total. The molecular formula is C16H18O2. The number of aryl methyl sites for hydroxylation is 2. The van der Waals surface area contributed by atoms with Crippen molar-refractivity contribution in [3.63, 3.8) is 0 Å². The average Bonchev–Trinajstić information content (AvgIpc) is 2.38. The Bertz CT molecular complexity index is 536. The SMILES string of the molecule is COc1cc(C)c(-c2ccccc2OC)c(C)c1. The van der Waals surface area contributed by atoms with Gasteiger partial charge in [0, 0.05) is 5.56 Å². The lowest BCUT2D eigenvalue weighted by molar-refractivity contribution is 0.413. The molecule has 0 saturated carbocycles. The number of ether oxygens (including phenoxy) is 2. The molecule has 2 aromatic rings. The van der Waals surface area contributed by atoms with E-state index in [1.54, 1.807) is 14.2 Å². The molecule has 0 heterocycles. The fourth-order valence-electron chi connectivity index (χ4n) is 2.32. The lowest BCUT2D eigenvalue weighted by Gasteiger charge is -2.15. The monoisotopic (exact) mass is 242 g/mol. The number of methoxy groups -OCH3 is 2. The highest BCUT2D eigenvalue weighted by molar-refractivity contribution is 5.76. The van der Waals surface area contributed by atoms with Crippen LogP contribution in [0, 0.1) is 13.8 Å². The van der Waals surface area contributed by atoms with Crippen molar-refractivity contribution in [2.24, 2.45) is 0 Å². The molecule has 0 aliphatic heterocycles. The molecule has 2 rings (SSSR count). The van der Waals surface area contributed by atoms with Crippen LogP contribution in [-0.2, 0) is 0 Å². The number of hydrogen-bond acceptors (Lipinski definition) is 2. The maximum Gasteiger partial charge on any atom is 0.126 e. The molecule has 2 aromatic carbocycles. The van der Waals surface area contributed by atoms with Crippen LogP contribution in [0.15, 0.2) is 36.4 Å². The second kappa shape index (κ2) is 5.13. The van der Waals surface area contributed by atoms with Crippen LogP contribution in [-0.4, -0.2) is 14.2 Å². The van der Waals surface area contributed by atoms with E-state index in [1.165, 1.54) is 16.7 Å². The molecule has 18 heavy (non-hydrogen) atoms. The summed E-state index contributed by atoms with van der Waals surface area (Å²) in [5, 5.41) is 0. The minimum atomic E-state index is 0.892. The molecule has 2 heteroatoms. The van der Waals surface area contributed by atoms with Gasteiger partial charge in [-0.25, -0.2) is 0 Å². The van der Waals surface area contributed by atoms with E-state index < -0.39 is 0 Å². The summed E-state index contributed by atoms with van der Waals surface area (Å²) >= 11 is 0. The van der Waals surface area contributed by atoms with Crippen molar-refractivity contribution in [2.45, 2.75) is 13.8 Å². The van der Waals surface area contributed by atoms with Gasteiger partial charge in [-0.2, -0.15) is 0 Å². The van der Waals surface area contributed by atoms with Crippen LogP contribution in [0.1, 0.15) is 11.1 Å². The van der Waals surface area contributed by atoms with E-state index in [2.05, 4.69) is 32.0 Å². The number of benzene rings is 2. The maximum atomic E-state index is 5.44. The first-order chi connectivity index (χ1) is 8.67. The van der Waals surface area contributed by atoms with E-state index in [9.17, 15) is 0 Å². The summed E-state index contributed by atoms with van der Waals surface area (Å²) in [6, 6.07) is 12.2. The van der Waals surface area contributed by atoms with Crippen LogP contribution >= 0.6 is 0 Å². The molecule has 0 N–H and O–H groups in total. The molecule has 0 unspecified atom stereocenters. The molecule has 0 spiro atoms. The zero-order valence-electron chi connectivity index (χ0n) is 11.3. The van der Waals surface area contributed by atoms with Crippen LogP contribution in [0.25, 0.3) is 11.1 Å². The van der Waals surface area contributed by atoms with E-state index in [4.69, 9.17) is 9.47 Å². The Morgan fingerprint density at radius 2 is 1.44 bits per heavy atom. The number of rotatable bonds is 3. The van der Waals surface area contributed by atoms with Crippen LogP contribution < -0.4 is 9.47 Å². The zero-order chi connectivity index (χ0) is 13.1. The molecule has 0 atom stereocenters. The molecular weight excluding hydrogens is 224 g/mol. The molecule has 0 amide bonds. The van der Waals surface area contributed by atoms with Crippen molar-refractivity contribution < 1.29 is 9.47 Å². The van der Waals surface area contributed by atoms with Crippen LogP contribution in [0.5, 0.6) is 11.5 Å². The smallest absolute Gasteiger partial charge is 0.126 e. The highest BCUT2D eigenvalue weighted by Gasteiger charge is 2.11. The minimum Gasteiger partial charge on any atom is -0.497 e. The zero-order valence-corrected chi connectivity index (χ0v) is 11.3. The molecule has 0 aliphatic carbocycles. The van der Waals surface area contributed by atoms with Gasteiger partial charge in [-0.3, -0.25) is 0 Å². The third-order valence-corrected chi connectivity index (χ3v) is 3.12. The van der Waals surface area contributed by atoms with Gasteiger partial charge in [-0.1, -0.05) is 18.2 Å². The number of para-hydroxylation sites is 1. The first-order valence-corrected chi connectivity index (χ1v) is 5.96. The second-order valence-electron chi connectivity index (χ2n) is 4.34. The lowest BCUT2D eigenvalue weighted by Crippen LogP contribution is -1.94. The molecule has 0 aliphatic rings. The van der Waals surface area contributed by atoms with Gasteiger partial charge < -0.3 is 9.47 Å². The Hall–Kier alpha value is -1.96. The van der Waals surface area contributed by atoms with Crippen molar-refractivity contribution in [1.82, 2.24) is 0 Å². The Balaban J connectivity index is 2.64. The van der Waals surface area contributed by atoms with Gasteiger partial charge >= 0.3 is 0 Å². The summed E-state index contributed by atoms with van der Waals surface area (Å²) in [7, 11) is 3.39. The first kappa shape index (κ1) is 12.5. The summed E-state index contributed by atoms with van der Waals surface area (Å²) in [4.78, 5) is 0. The Labute approximate surface area is 108 Å². The molecule has 0 fully saturated rings. The van der Waals surface area contributed by atoms with Crippen molar-refractivity contribution in [3.05, 3.63) is 47.5 Å². The standard InChI is InChI=1S/C16H18O2/c1-11-9-13(17-3)10-12(2)16(11)14-7-5-6-8-15(14)18-4/h5-10H,1-4H3. The van der Waals surface area contributed by atoms with Crippen LogP contribution in [0.2, 0.25) is 0 Å². The van der Waals surface area contributed by atoms with Gasteiger partial charge in [-0.05, 0) is 48.7 Å². The van der Waals surface area contributed by atoms with E-state index in [0.717, 1.165) is 17.1 Å². The van der Waals surface area contributed by atoms with Crippen molar-refractivity contribution in [1.29, 1.82) is 0 Å². The number of hydrogen-bond donors (Lipinski definition) is 0. The quantitative estimate of drug-likeness (QED) is 0.810. The molecule has 0 saturated heterocycles. The van der Waals surface area contributed by atoms with Gasteiger partial charge in [0.1, 0.15) is 11.5 Å². The van der Waals surface area contributed by atoms with Gasteiger partial charge in [-0.15, -0.1) is 0 Å². The van der Waals surface area contributed by atoms with Gasteiger partial charge in [0.25, 0.3) is 0 Å². The van der Waals surface area contributed by atoms with Crippen molar-refractivity contribution in [3.8, 4) is 22.6 Å². The van der Waals surface area contributed by atoms with Crippen molar-refractivity contribution >= 4 is 0 Å². The summed E-state index contributed by atoms with van der Waals surface area (Å²) in [5.41, 5.74) is 4.72. The summed E-state index contributed by atoms with van der Waals surface area (Å²) in [6.45, 7) is 4.19. The van der Waals surface area contributed by atoms with Crippen LogP contribution in [0.3, 0.4) is 0 Å². The normalized spacial score (nSPS) is 10.2. The summed E-state index contributed by atoms with van der Waals surface area (Å²) in [6.07, 6.45) is 0. The van der Waals surface area contributed by atoms with Crippen molar-refractivity contribution in [2.75, 3.05) is 14.2 Å². The van der Waals surface area contributed by atoms with E-state index in [0.29, 0.717) is 0 Å². The topological polar surface area (TPSA) is 18.5 Å². The fourth-order valence-corrected chi connectivity index (χ4v) is 2.32. The van der Waals surface area contributed by atoms with E-state index in [-0.39, 0.29) is 0 Å². The largest absolute Gasteiger partial charge is 0.497 e. The van der Waals surface area contributed by atoms with Gasteiger partial charge in [0.05, 0.1) is 14.2 Å².